The number of aromatic nitrogens is 2. The Hall–Kier alpha value is -1.45. The van der Waals surface area contributed by atoms with Gasteiger partial charge in [0.15, 0.2) is 6.29 Å². The topological polar surface area (TPSA) is 46.1 Å². The van der Waals surface area contributed by atoms with Gasteiger partial charge in [-0.1, -0.05) is 0 Å². The van der Waals surface area contributed by atoms with Crippen molar-refractivity contribution in [2.75, 3.05) is 18.0 Å². The molecule has 2 rings (SSSR count). The van der Waals surface area contributed by atoms with Crippen molar-refractivity contribution in [2.24, 2.45) is 0 Å². The van der Waals surface area contributed by atoms with Crippen molar-refractivity contribution < 1.29 is 4.79 Å². The van der Waals surface area contributed by atoms with Crippen LogP contribution in [0.25, 0.3) is 0 Å². The minimum Gasteiger partial charge on any atom is -0.356 e. The Morgan fingerprint density at radius 1 is 1.29 bits per heavy atom. The molecule has 1 aromatic rings. The molecule has 74 valence electrons. The van der Waals surface area contributed by atoms with Crippen molar-refractivity contribution in [3.63, 3.8) is 0 Å². The summed E-state index contributed by atoms with van der Waals surface area (Å²) in [6, 6.07) is 0. The molecule has 0 radical (unpaired) electrons. The van der Waals surface area contributed by atoms with Gasteiger partial charge in [0.05, 0.1) is 5.56 Å². The Bertz CT molecular complexity index is 321. The summed E-state index contributed by atoms with van der Waals surface area (Å²) < 4.78 is 0. The highest BCUT2D eigenvalue weighted by Gasteiger charge is 2.14. The molecule has 0 spiro atoms. The Balaban J connectivity index is 2.24. The third-order valence-electron chi connectivity index (χ3n) is 2.50. The van der Waals surface area contributed by atoms with Crippen molar-refractivity contribution in [1.82, 2.24) is 9.97 Å². The molecule has 1 aromatic heterocycles. The fraction of sp³-hybridized carbons (Fsp3) is 0.500. The van der Waals surface area contributed by atoms with Gasteiger partial charge in [0, 0.05) is 19.3 Å². The largest absolute Gasteiger partial charge is 0.356 e. The number of anilines is 1. The van der Waals surface area contributed by atoms with Crippen LogP contribution in [0.2, 0.25) is 0 Å². The van der Waals surface area contributed by atoms with Gasteiger partial charge >= 0.3 is 0 Å². The predicted octanol–water partition coefficient (Wildman–Crippen LogP) is 1.28. The molecule has 0 atom stereocenters. The molecule has 1 saturated heterocycles. The van der Waals surface area contributed by atoms with E-state index in [0.717, 1.165) is 25.2 Å². The Labute approximate surface area is 83.0 Å². The van der Waals surface area contributed by atoms with Crippen LogP contribution in [-0.4, -0.2) is 29.3 Å². The SMILES string of the molecule is O=Cc1cncnc1N1CCCCC1. The maximum atomic E-state index is 10.8. The monoisotopic (exact) mass is 191 g/mol. The zero-order valence-corrected chi connectivity index (χ0v) is 8.02. The van der Waals surface area contributed by atoms with Gasteiger partial charge in [-0.05, 0) is 19.3 Å². The smallest absolute Gasteiger partial charge is 0.155 e. The lowest BCUT2D eigenvalue weighted by molar-refractivity contribution is 0.112. The summed E-state index contributed by atoms with van der Waals surface area (Å²) >= 11 is 0. The number of hydrogen-bond acceptors (Lipinski definition) is 4. The van der Waals surface area contributed by atoms with E-state index >= 15 is 0 Å². The Morgan fingerprint density at radius 2 is 2.07 bits per heavy atom. The molecule has 0 unspecified atom stereocenters. The van der Waals surface area contributed by atoms with Crippen molar-refractivity contribution in [2.45, 2.75) is 19.3 Å². The van der Waals surface area contributed by atoms with E-state index in [-0.39, 0.29) is 0 Å². The number of rotatable bonds is 2. The molecule has 1 aliphatic rings. The lowest BCUT2D eigenvalue weighted by Gasteiger charge is -2.28. The second-order valence-electron chi connectivity index (χ2n) is 3.47. The summed E-state index contributed by atoms with van der Waals surface area (Å²) in [6.07, 6.45) is 7.54. The molecule has 0 amide bonds. The van der Waals surface area contributed by atoms with Crippen LogP contribution in [0.3, 0.4) is 0 Å². The van der Waals surface area contributed by atoms with Crippen LogP contribution in [0, 0.1) is 0 Å². The standard InChI is InChI=1S/C10H13N3O/c14-7-9-6-11-8-12-10(9)13-4-2-1-3-5-13/h6-8H,1-5H2. The fourth-order valence-corrected chi connectivity index (χ4v) is 1.79. The molecular formula is C10H13N3O. The van der Waals surface area contributed by atoms with Gasteiger partial charge < -0.3 is 4.90 Å². The van der Waals surface area contributed by atoms with E-state index in [1.165, 1.54) is 25.6 Å². The lowest BCUT2D eigenvalue weighted by atomic mass is 10.1. The zero-order valence-electron chi connectivity index (χ0n) is 8.02. The molecule has 1 aliphatic heterocycles. The van der Waals surface area contributed by atoms with Crippen LogP contribution < -0.4 is 4.90 Å². The van der Waals surface area contributed by atoms with Gasteiger partial charge in [-0.15, -0.1) is 0 Å². The maximum Gasteiger partial charge on any atom is 0.155 e. The van der Waals surface area contributed by atoms with Crippen LogP contribution >= 0.6 is 0 Å². The maximum absolute atomic E-state index is 10.8. The van der Waals surface area contributed by atoms with Gasteiger partial charge in [0.1, 0.15) is 12.1 Å². The van der Waals surface area contributed by atoms with Gasteiger partial charge in [-0.2, -0.15) is 0 Å². The van der Waals surface area contributed by atoms with E-state index in [1.807, 2.05) is 0 Å². The van der Waals surface area contributed by atoms with Crippen molar-refractivity contribution in [3.8, 4) is 0 Å². The van der Waals surface area contributed by atoms with E-state index < -0.39 is 0 Å². The molecule has 0 saturated carbocycles. The number of aldehydes is 1. The summed E-state index contributed by atoms with van der Waals surface area (Å²) in [5, 5.41) is 0. The molecule has 0 bridgehead atoms. The van der Waals surface area contributed by atoms with Gasteiger partial charge in [0.25, 0.3) is 0 Å². The van der Waals surface area contributed by atoms with E-state index in [9.17, 15) is 4.79 Å². The second-order valence-corrected chi connectivity index (χ2v) is 3.47. The highest BCUT2D eigenvalue weighted by Crippen LogP contribution is 2.19. The molecule has 0 aliphatic carbocycles. The average molecular weight is 191 g/mol. The first-order valence-electron chi connectivity index (χ1n) is 4.92. The molecule has 0 N–H and O–H groups in total. The third-order valence-corrected chi connectivity index (χ3v) is 2.50. The summed E-state index contributed by atoms with van der Waals surface area (Å²) in [4.78, 5) is 20.9. The number of carbonyl (C=O) groups excluding carboxylic acids is 1. The van der Waals surface area contributed by atoms with E-state index in [2.05, 4.69) is 14.9 Å². The fourth-order valence-electron chi connectivity index (χ4n) is 1.79. The first kappa shape index (κ1) is 9.12. The van der Waals surface area contributed by atoms with Crippen molar-refractivity contribution >= 4 is 12.1 Å². The normalized spacial score (nSPS) is 16.7. The van der Waals surface area contributed by atoms with E-state index in [4.69, 9.17) is 0 Å². The molecule has 0 aromatic carbocycles. The van der Waals surface area contributed by atoms with E-state index in [0.29, 0.717) is 5.56 Å². The first-order chi connectivity index (χ1) is 6.92. The van der Waals surface area contributed by atoms with Crippen LogP contribution in [0.4, 0.5) is 5.82 Å². The van der Waals surface area contributed by atoms with Crippen molar-refractivity contribution in [3.05, 3.63) is 18.1 Å². The molecule has 4 nitrogen and oxygen atoms in total. The quantitative estimate of drug-likeness (QED) is 0.660. The van der Waals surface area contributed by atoms with Gasteiger partial charge in [-0.25, -0.2) is 9.97 Å². The highest BCUT2D eigenvalue weighted by atomic mass is 16.1. The summed E-state index contributed by atoms with van der Waals surface area (Å²) in [6.45, 7) is 2.00. The summed E-state index contributed by atoms with van der Waals surface area (Å²) in [5.41, 5.74) is 0.592. The number of piperidine rings is 1. The second kappa shape index (κ2) is 4.17. The minimum absolute atomic E-state index is 0.592. The van der Waals surface area contributed by atoms with Crippen LogP contribution in [-0.2, 0) is 0 Å². The zero-order chi connectivity index (χ0) is 9.80. The number of carbonyl (C=O) groups is 1. The third kappa shape index (κ3) is 1.73. The van der Waals surface area contributed by atoms with Gasteiger partial charge in [0.2, 0.25) is 0 Å². The Morgan fingerprint density at radius 3 is 2.79 bits per heavy atom. The van der Waals surface area contributed by atoms with Crippen LogP contribution in [0.5, 0.6) is 0 Å². The number of nitrogens with zero attached hydrogens (tertiary/aromatic N) is 3. The molecule has 1 fully saturated rings. The highest BCUT2D eigenvalue weighted by molar-refractivity contribution is 5.82. The lowest BCUT2D eigenvalue weighted by Crippen LogP contribution is -2.31. The van der Waals surface area contributed by atoms with Crippen molar-refractivity contribution in [1.29, 1.82) is 0 Å². The molecule has 2 heterocycles. The summed E-state index contributed by atoms with van der Waals surface area (Å²) in [5.74, 6) is 0.787. The Kier molecular flexibility index (Phi) is 2.72. The van der Waals surface area contributed by atoms with Crippen LogP contribution in [0.15, 0.2) is 12.5 Å². The van der Waals surface area contributed by atoms with E-state index in [1.54, 1.807) is 6.20 Å². The summed E-state index contributed by atoms with van der Waals surface area (Å²) in [7, 11) is 0. The van der Waals surface area contributed by atoms with Crippen LogP contribution in [0.1, 0.15) is 29.6 Å². The minimum atomic E-state index is 0.592. The molecule has 4 heteroatoms. The predicted molar refractivity (Wildman–Crippen MR) is 53.5 cm³/mol. The first-order valence-corrected chi connectivity index (χ1v) is 4.92. The van der Waals surface area contributed by atoms with Gasteiger partial charge in [-0.3, -0.25) is 4.79 Å². The molecule has 14 heavy (non-hydrogen) atoms. The number of hydrogen-bond donors (Lipinski definition) is 0. The molecular weight excluding hydrogens is 178 g/mol. The average Bonchev–Trinajstić information content (AvgIpc) is 2.30.